The van der Waals surface area contributed by atoms with Crippen molar-refractivity contribution < 1.29 is 0 Å². The minimum Gasteiger partial charge on any atom is -0.315 e. The van der Waals surface area contributed by atoms with E-state index in [9.17, 15) is 0 Å². The van der Waals surface area contributed by atoms with Gasteiger partial charge in [-0.1, -0.05) is 37.3 Å². The third-order valence-corrected chi connectivity index (χ3v) is 4.18. The van der Waals surface area contributed by atoms with Crippen LogP contribution in [0.2, 0.25) is 0 Å². The first-order valence-electron chi connectivity index (χ1n) is 7.23. The molecule has 18 heavy (non-hydrogen) atoms. The predicted molar refractivity (Wildman–Crippen MR) is 78.0 cm³/mol. The highest BCUT2D eigenvalue weighted by Crippen LogP contribution is 2.19. The van der Waals surface area contributed by atoms with Crippen molar-refractivity contribution in [1.29, 1.82) is 0 Å². The Kier molecular flexibility index (Phi) is 5.21. The highest BCUT2D eigenvalue weighted by molar-refractivity contribution is 5.18. The first-order chi connectivity index (χ1) is 8.77. The predicted octanol–water partition coefficient (Wildman–Crippen LogP) is 2.86. The summed E-state index contributed by atoms with van der Waals surface area (Å²) in [6.07, 6.45) is 3.92. The minimum absolute atomic E-state index is 0.658. The number of rotatable bonds is 5. The summed E-state index contributed by atoms with van der Waals surface area (Å²) in [6, 6.07) is 11.6. The van der Waals surface area contributed by atoms with Crippen molar-refractivity contribution in [1.82, 2.24) is 10.2 Å². The lowest BCUT2D eigenvalue weighted by atomic mass is 9.97. The molecule has 1 aliphatic rings. The van der Waals surface area contributed by atoms with Crippen molar-refractivity contribution in [3.63, 3.8) is 0 Å². The highest BCUT2D eigenvalue weighted by atomic mass is 15.2. The Morgan fingerprint density at radius 3 is 2.78 bits per heavy atom. The van der Waals surface area contributed by atoms with E-state index in [2.05, 4.69) is 54.5 Å². The third-order valence-electron chi connectivity index (χ3n) is 4.18. The van der Waals surface area contributed by atoms with Crippen molar-refractivity contribution in [2.24, 2.45) is 0 Å². The quantitative estimate of drug-likeness (QED) is 0.859. The van der Waals surface area contributed by atoms with Crippen LogP contribution in [0, 0.1) is 0 Å². The van der Waals surface area contributed by atoms with E-state index >= 15 is 0 Å². The fourth-order valence-electron chi connectivity index (χ4n) is 2.74. The van der Waals surface area contributed by atoms with Crippen LogP contribution < -0.4 is 5.32 Å². The lowest BCUT2D eigenvalue weighted by Gasteiger charge is -2.32. The summed E-state index contributed by atoms with van der Waals surface area (Å²) in [7, 11) is 2.27. The van der Waals surface area contributed by atoms with Crippen LogP contribution in [0.3, 0.4) is 0 Å². The second-order valence-electron chi connectivity index (χ2n) is 5.58. The van der Waals surface area contributed by atoms with Crippen LogP contribution in [0.1, 0.15) is 37.7 Å². The molecule has 100 valence electrons. The molecular weight excluding hydrogens is 220 g/mol. The fraction of sp³-hybridized carbons (Fsp3) is 0.625. The number of benzene rings is 1. The van der Waals surface area contributed by atoms with Crippen molar-refractivity contribution in [2.45, 2.75) is 38.1 Å². The molecule has 2 rings (SSSR count). The van der Waals surface area contributed by atoms with E-state index in [1.54, 1.807) is 0 Å². The van der Waals surface area contributed by atoms with Crippen LogP contribution in [0.4, 0.5) is 0 Å². The van der Waals surface area contributed by atoms with E-state index in [4.69, 9.17) is 0 Å². The van der Waals surface area contributed by atoms with Crippen molar-refractivity contribution in [3.05, 3.63) is 35.9 Å². The Labute approximate surface area is 111 Å². The van der Waals surface area contributed by atoms with Gasteiger partial charge in [-0.3, -0.25) is 0 Å². The molecule has 2 unspecified atom stereocenters. The van der Waals surface area contributed by atoms with Crippen molar-refractivity contribution in [2.75, 3.05) is 26.7 Å². The first kappa shape index (κ1) is 13.6. The summed E-state index contributed by atoms with van der Waals surface area (Å²) >= 11 is 0. The molecule has 0 bridgehead atoms. The highest BCUT2D eigenvalue weighted by Gasteiger charge is 2.17. The lowest BCUT2D eigenvalue weighted by molar-refractivity contribution is 0.198. The smallest absolute Gasteiger partial charge is 0.0218 e. The van der Waals surface area contributed by atoms with Gasteiger partial charge >= 0.3 is 0 Å². The van der Waals surface area contributed by atoms with Gasteiger partial charge in [0.1, 0.15) is 0 Å². The molecule has 0 aromatic heterocycles. The van der Waals surface area contributed by atoms with Gasteiger partial charge in [0.25, 0.3) is 0 Å². The molecule has 0 amide bonds. The molecule has 0 radical (unpaired) electrons. The standard InChI is InChI=1S/C16H26N2/c1-14(15-7-4-3-5-8-15)10-12-18(2)16-9-6-11-17-13-16/h3-5,7-8,14,16-17H,6,9-13H2,1-2H3. The Balaban J connectivity index is 1.76. The Hall–Kier alpha value is -0.860. The normalized spacial score (nSPS) is 22.1. The van der Waals surface area contributed by atoms with E-state index in [0.717, 1.165) is 12.6 Å². The van der Waals surface area contributed by atoms with E-state index in [0.29, 0.717) is 5.92 Å². The average molecular weight is 246 g/mol. The maximum atomic E-state index is 3.49. The summed E-state index contributed by atoms with van der Waals surface area (Å²) in [5, 5.41) is 3.49. The van der Waals surface area contributed by atoms with Crippen molar-refractivity contribution >= 4 is 0 Å². The fourth-order valence-corrected chi connectivity index (χ4v) is 2.74. The van der Waals surface area contributed by atoms with Gasteiger partial charge in [-0.15, -0.1) is 0 Å². The second kappa shape index (κ2) is 6.91. The molecule has 1 N–H and O–H groups in total. The molecule has 0 spiro atoms. The minimum atomic E-state index is 0.658. The van der Waals surface area contributed by atoms with Crippen LogP contribution in [-0.2, 0) is 0 Å². The maximum absolute atomic E-state index is 3.49. The van der Waals surface area contributed by atoms with E-state index in [1.807, 2.05) is 0 Å². The van der Waals surface area contributed by atoms with Gasteiger partial charge < -0.3 is 10.2 Å². The van der Waals surface area contributed by atoms with Crippen molar-refractivity contribution in [3.8, 4) is 0 Å². The zero-order valence-electron chi connectivity index (χ0n) is 11.7. The number of hydrogen-bond donors (Lipinski definition) is 1. The summed E-state index contributed by atoms with van der Waals surface area (Å²) < 4.78 is 0. The molecule has 1 fully saturated rings. The second-order valence-corrected chi connectivity index (χ2v) is 5.58. The molecule has 0 saturated carbocycles. The van der Waals surface area contributed by atoms with Crippen LogP contribution in [0.15, 0.2) is 30.3 Å². The summed E-state index contributed by atoms with van der Waals surface area (Å²) in [6.45, 7) is 5.89. The molecule has 1 heterocycles. The van der Waals surface area contributed by atoms with E-state index in [1.165, 1.54) is 37.9 Å². The van der Waals surface area contributed by atoms with Crippen LogP contribution in [0.5, 0.6) is 0 Å². The zero-order valence-corrected chi connectivity index (χ0v) is 11.7. The summed E-state index contributed by atoms with van der Waals surface area (Å²) in [5.41, 5.74) is 1.47. The molecule has 1 saturated heterocycles. The number of hydrogen-bond acceptors (Lipinski definition) is 2. The number of likely N-dealkylation sites (N-methyl/N-ethyl adjacent to an activating group) is 1. The van der Waals surface area contributed by atoms with Gasteiger partial charge in [-0.05, 0) is 50.9 Å². The zero-order chi connectivity index (χ0) is 12.8. The van der Waals surface area contributed by atoms with E-state index in [-0.39, 0.29) is 0 Å². The molecule has 1 aliphatic heterocycles. The molecule has 1 aromatic carbocycles. The summed E-state index contributed by atoms with van der Waals surface area (Å²) in [5.74, 6) is 0.658. The number of piperidine rings is 1. The average Bonchev–Trinajstić information content (AvgIpc) is 2.46. The largest absolute Gasteiger partial charge is 0.315 e. The summed E-state index contributed by atoms with van der Waals surface area (Å²) in [4.78, 5) is 2.53. The molecule has 2 nitrogen and oxygen atoms in total. The van der Waals surface area contributed by atoms with Crippen LogP contribution >= 0.6 is 0 Å². The maximum Gasteiger partial charge on any atom is 0.0218 e. The number of nitrogens with one attached hydrogen (secondary N) is 1. The van der Waals surface area contributed by atoms with Gasteiger partial charge in [-0.25, -0.2) is 0 Å². The molecule has 2 atom stereocenters. The molecule has 2 heteroatoms. The van der Waals surface area contributed by atoms with Gasteiger partial charge in [0.15, 0.2) is 0 Å². The Morgan fingerprint density at radius 2 is 2.11 bits per heavy atom. The third kappa shape index (κ3) is 3.82. The van der Waals surface area contributed by atoms with Gasteiger partial charge in [0.2, 0.25) is 0 Å². The first-order valence-corrected chi connectivity index (χ1v) is 7.23. The topological polar surface area (TPSA) is 15.3 Å². The SMILES string of the molecule is CC(CCN(C)C1CCCNC1)c1ccccc1. The molecular formula is C16H26N2. The van der Waals surface area contributed by atoms with E-state index < -0.39 is 0 Å². The monoisotopic (exact) mass is 246 g/mol. The Bertz CT molecular complexity index is 330. The number of nitrogens with zero attached hydrogens (tertiary/aromatic N) is 1. The van der Waals surface area contributed by atoms with Gasteiger partial charge in [-0.2, -0.15) is 0 Å². The van der Waals surface area contributed by atoms with Gasteiger partial charge in [0, 0.05) is 12.6 Å². The van der Waals surface area contributed by atoms with Gasteiger partial charge in [0.05, 0.1) is 0 Å². The van der Waals surface area contributed by atoms with Crippen LogP contribution in [0.25, 0.3) is 0 Å². The molecule has 1 aromatic rings. The van der Waals surface area contributed by atoms with Crippen LogP contribution in [-0.4, -0.2) is 37.6 Å². The molecule has 0 aliphatic carbocycles. The Morgan fingerprint density at radius 1 is 1.33 bits per heavy atom. The lowest BCUT2D eigenvalue weighted by Crippen LogP contribution is -2.44.